The Hall–Kier alpha value is -0.261. The molecule has 3 aromatic rings. The van der Waals surface area contributed by atoms with E-state index in [0.717, 1.165) is 0 Å². The standard InChI is InChI=1S/C16H11PSSe2/c19-17(13-8-2-1-3-9-13)18-14-10-4-6-12-7-5-11-15(20-17)16(12)14/h1-11H. The number of rotatable bonds is 1. The van der Waals surface area contributed by atoms with Crippen LogP contribution in [0.5, 0.6) is 0 Å². The van der Waals surface area contributed by atoms with Crippen LogP contribution in [0.3, 0.4) is 0 Å². The Bertz CT molecular complexity index is 801. The molecule has 1 aliphatic rings. The SMILES string of the molecule is [Se]=P1(c2ccccc2)Sc2cccc3cccc(c23)[Se]1. The number of hydrogen-bond acceptors (Lipinski definition) is 1. The topological polar surface area (TPSA) is 0 Å². The van der Waals surface area contributed by atoms with Crippen LogP contribution in [0.2, 0.25) is 0 Å². The molecule has 1 heterocycles. The summed E-state index contributed by atoms with van der Waals surface area (Å²) in [6.07, 6.45) is 0. The van der Waals surface area contributed by atoms with Crippen LogP contribution in [-0.2, 0) is 0 Å². The molecule has 0 fully saturated rings. The molecule has 0 amide bonds. The van der Waals surface area contributed by atoms with Crippen molar-refractivity contribution in [3.63, 3.8) is 0 Å². The van der Waals surface area contributed by atoms with E-state index in [1.54, 1.807) is 4.46 Å². The van der Waals surface area contributed by atoms with E-state index >= 15 is 0 Å². The van der Waals surface area contributed by atoms with E-state index in [2.05, 4.69) is 93.2 Å². The Morgan fingerprint density at radius 3 is 2.40 bits per heavy atom. The molecule has 4 heteroatoms. The summed E-state index contributed by atoms with van der Waals surface area (Å²) in [6.45, 7) is 0. The van der Waals surface area contributed by atoms with Crippen LogP contribution in [0.25, 0.3) is 10.8 Å². The van der Waals surface area contributed by atoms with Gasteiger partial charge >= 0.3 is 137 Å². The summed E-state index contributed by atoms with van der Waals surface area (Å²) < 4.78 is 0.301. The van der Waals surface area contributed by atoms with Crippen molar-refractivity contribution in [1.29, 1.82) is 0 Å². The van der Waals surface area contributed by atoms with Gasteiger partial charge < -0.3 is 0 Å². The van der Waals surface area contributed by atoms with Crippen molar-refractivity contribution in [3.8, 4) is 0 Å². The molecule has 0 saturated heterocycles. The van der Waals surface area contributed by atoms with E-state index in [1.165, 1.54) is 21.0 Å². The summed E-state index contributed by atoms with van der Waals surface area (Å²) in [4.78, 5) is 1.45. The molecule has 0 radical (unpaired) electrons. The zero-order valence-electron chi connectivity index (χ0n) is 10.5. The van der Waals surface area contributed by atoms with Crippen molar-refractivity contribution in [3.05, 3.63) is 66.7 Å². The van der Waals surface area contributed by atoms with Gasteiger partial charge in [0, 0.05) is 0 Å². The fraction of sp³-hybridized carbons (Fsp3) is 0. The first-order valence-corrected chi connectivity index (χ1v) is 14.8. The second-order valence-corrected chi connectivity index (χ2v) is 24.7. The molecule has 0 N–H and O–H groups in total. The molecular weight excluding hydrogens is 413 g/mol. The van der Waals surface area contributed by atoms with Crippen LogP contribution in [0.1, 0.15) is 0 Å². The van der Waals surface area contributed by atoms with Gasteiger partial charge in [-0.3, -0.25) is 0 Å². The molecule has 3 aromatic carbocycles. The van der Waals surface area contributed by atoms with E-state index in [1.807, 2.05) is 0 Å². The van der Waals surface area contributed by atoms with Gasteiger partial charge in [-0.25, -0.2) is 0 Å². The van der Waals surface area contributed by atoms with E-state index in [0.29, 0.717) is 14.5 Å². The van der Waals surface area contributed by atoms with Gasteiger partial charge in [0.15, 0.2) is 0 Å². The van der Waals surface area contributed by atoms with Crippen molar-refractivity contribution in [2.45, 2.75) is 4.90 Å². The van der Waals surface area contributed by atoms with Gasteiger partial charge in [-0.15, -0.1) is 0 Å². The van der Waals surface area contributed by atoms with Crippen LogP contribution in [0.15, 0.2) is 71.6 Å². The van der Waals surface area contributed by atoms with E-state index in [4.69, 9.17) is 0 Å². The summed E-state index contributed by atoms with van der Waals surface area (Å²) in [7, 11) is 0. The minimum atomic E-state index is -1.25. The summed E-state index contributed by atoms with van der Waals surface area (Å²) >= 11 is 6.18. The molecule has 98 valence electrons. The van der Waals surface area contributed by atoms with Crippen molar-refractivity contribution in [1.82, 2.24) is 0 Å². The summed E-state index contributed by atoms with van der Waals surface area (Å²) in [5.74, 6) is 0. The molecule has 0 spiro atoms. The quantitative estimate of drug-likeness (QED) is 0.426. The molecule has 0 saturated carbocycles. The molecule has 1 unspecified atom stereocenters. The fourth-order valence-electron chi connectivity index (χ4n) is 2.42. The van der Waals surface area contributed by atoms with Gasteiger partial charge in [0.2, 0.25) is 0 Å². The third-order valence-corrected chi connectivity index (χ3v) is 20.0. The second kappa shape index (κ2) is 5.18. The van der Waals surface area contributed by atoms with Crippen LogP contribution in [0.4, 0.5) is 0 Å². The van der Waals surface area contributed by atoms with Gasteiger partial charge in [-0.1, -0.05) is 0 Å². The molecule has 0 nitrogen and oxygen atoms in total. The summed E-state index contributed by atoms with van der Waals surface area (Å²) in [5, 5.41) is 4.37. The monoisotopic (exact) mass is 426 g/mol. The molecule has 1 aliphatic heterocycles. The fourth-order valence-corrected chi connectivity index (χ4v) is 19.5. The molecular formula is C16H11PSSe2. The zero-order chi connectivity index (χ0) is 13.6. The Morgan fingerprint density at radius 2 is 1.60 bits per heavy atom. The van der Waals surface area contributed by atoms with Gasteiger partial charge in [0.05, 0.1) is 0 Å². The summed E-state index contributed by atoms with van der Waals surface area (Å²) in [5.41, 5.74) is 0. The van der Waals surface area contributed by atoms with Crippen molar-refractivity contribution >= 4 is 64.9 Å². The third kappa shape index (κ3) is 2.18. The van der Waals surface area contributed by atoms with E-state index < -0.39 is 3.40 Å². The normalized spacial score (nSPS) is 21.0. The number of hydrogen-bond donors (Lipinski definition) is 0. The second-order valence-electron chi connectivity index (χ2n) is 4.63. The maximum absolute atomic E-state index is 3.59. The third-order valence-electron chi connectivity index (χ3n) is 3.34. The first kappa shape index (κ1) is 13.4. The minimum absolute atomic E-state index is 0.493. The van der Waals surface area contributed by atoms with E-state index in [9.17, 15) is 0 Å². The first-order chi connectivity index (χ1) is 9.76. The Morgan fingerprint density at radius 1 is 0.850 bits per heavy atom. The molecule has 20 heavy (non-hydrogen) atoms. The van der Waals surface area contributed by atoms with Crippen LogP contribution < -0.4 is 9.77 Å². The van der Waals surface area contributed by atoms with Crippen molar-refractivity contribution in [2.24, 2.45) is 0 Å². The zero-order valence-corrected chi connectivity index (χ0v) is 15.7. The molecule has 0 aromatic heterocycles. The molecule has 0 bridgehead atoms. The number of benzene rings is 3. The van der Waals surface area contributed by atoms with E-state index in [-0.39, 0.29) is 0 Å². The van der Waals surface area contributed by atoms with Crippen molar-refractivity contribution < 1.29 is 0 Å². The Kier molecular flexibility index (Phi) is 3.47. The van der Waals surface area contributed by atoms with Gasteiger partial charge in [-0.2, -0.15) is 0 Å². The molecule has 0 aliphatic carbocycles. The van der Waals surface area contributed by atoms with Gasteiger partial charge in [0.1, 0.15) is 0 Å². The molecule has 1 atom stereocenters. The van der Waals surface area contributed by atoms with Gasteiger partial charge in [-0.05, 0) is 0 Å². The van der Waals surface area contributed by atoms with Crippen LogP contribution >= 0.6 is 14.8 Å². The first-order valence-electron chi connectivity index (χ1n) is 6.33. The predicted octanol–water partition coefficient (Wildman–Crippen LogP) is 3.53. The maximum atomic E-state index is 3.59. The summed E-state index contributed by atoms with van der Waals surface area (Å²) in [6, 6.07) is 24.4. The Labute approximate surface area is 136 Å². The van der Waals surface area contributed by atoms with Crippen LogP contribution in [0, 0.1) is 0 Å². The van der Waals surface area contributed by atoms with Gasteiger partial charge in [0.25, 0.3) is 0 Å². The Balaban J connectivity index is 1.94. The average molecular weight is 424 g/mol. The van der Waals surface area contributed by atoms with Crippen molar-refractivity contribution in [2.75, 3.05) is 0 Å². The molecule has 4 rings (SSSR count). The van der Waals surface area contributed by atoms with Crippen LogP contribution in [-0.4, -0.2) is 29.6 Å². The predicted molar refractivity (Wildman–Crippen MR) is 93.9 cm³/mol. The average Bonchev–Trinajstić information content (AvgIpc) is 2.48.